The Balaban J connectivity index is 1.45. The molecule has 2 aromatic heterocycles. The maximum atomic E-state index is 13.5. The highest BCUT2D eigenvalue weighted by Gasteiger charge is 2.28. The predicted octanol–water partition coefficient (Wildman–Crippen LogP) is 5.00. The van der Waals surface area contributed by atoms with Crippen molar-refractivity contribution >= 4 is 29.3 Å². The number of amides is 1. The third-order valence-corrected chi connectivity index (χ3v) is 7.14. The number of hydrogen-bond donors (Lipinski definition) is 1. The summed E-state index contributed by atoms with van der Waals surface area (Å²) >= 11 is 1.39. The molecule has 1 aliphatic heterocycles. The second kappa shape index (κ2) is 10.7. The summed E-state index contributed by atoms with van der Waals surface area (Å²) in [5.74, 6) is 2.22. The molecule has 0 bridgehead atoms. The molecule has 1 atom stereocenters. The maximum Gasteiger partial charge on any atom is 0.242 e. The lowest BCUT2D eigenvalue weighted by atomic mass is 10.1. The molecule has 1 fully saturated rings. The average Bonchev–Trinajstić information content (AvgIpc) is 3.67. The Labute approximate surface area is 208 Å². The zero-order chi connectivity index (χ0) is 24.0. The molecule has 0 radical (unpaired) electrons. The van der Waals surface area contributed by atoms with E-state index in [2.05, 4.69) is 20.4 Å². The summed E-state index contributed by atoms with van der Waals surface area (Å²) < 4.78 is 12.9. The van der Waals surface area contributed by atoms with Crippen LogP contribution in [0.2, 0.25) is 0 Å². The number of ether oxygens (including phenoxy) is 1. The van der Waals surface area contributed by atoms with Crippen molar-refractivity contribution in [2.75, 3.05) is 30.4 Å². The van der Waals surface area contributed by atoms with Gasteiger partial charge in [-0.15, -0.1) is 10.2 Å². The van der Waals surface area contributed by atoms with Gasteiger partial charge in [0.25, 0.3) is 0 Å². The number of rotatable bonds is 9. The predicted molar refractivity (Wildman–Crippen MR) is 136 cm³/mol. The minimum atomic E-state index is -0.524. The monoisotopic (exact) mass is 489 g/mol. The number of carbonyl (C=O) groups excluding carboxylic acids is 1. The molecule has 1 unspecified atom stereocenters. The van der Waals surface area contributed by atoms with Gasteiger partial charge in [-0.3, -0.25) is 9.36 Å². The standard InChI is InChI=1S/C26H27N5O3S/c1-33-21-13-11-20(12-14-21)27-24(32)23(19-8-3-2-4-9-19)35-26-29-28-25(30-15-5-6-16-30)31(26)18-22-10-7-17-34-22/h2-4,7-14,17,23H,5-6,15-16,18H2,1H3,(H,27,32). The molecule has 9 heteroatoms. The van der Waals surface area contributed by atoms with Gasteiger partial charge in [-0.2, -0.15) is 0 Å². The summed E-state index contributed by atoms with van der Waals surface area (Å²) in [7, 11) is 1.62. The van der Waals surface area contributed by atoms with Crippen molar-refractivity contribution in [3.8, 4) is 5.75 Å². The summed E-state index contributed by atoms with van der Waals surface area (Å²) in [4.78, 5) is 15.8. The van der Waals surface area contributed by atoms with E-state index in [-0.39, 0.29) is 5.91 Å². The molecular weight excluding hydrogens is 462 g/mol. The molecule has 0 spiro atoms. The van der Waals surface area contributed by atoms with Crippen molar-refractivity contribution in [3.63, 3.8) is 0 Å². The number of anilines is 2. The molecule has 1 saturated heterocycles. The van der Waals surface area contributed by atoms with Crippen LogP contribution >= 0.6 is 11.8 Å². The largest absolute Gasteiger partial charge is 0.497 e. The highest BCUT2D eigenvalue weighted by atomic mass is 32.2. The van der Waals surface area contributed by atoms with E-state index in [1.165, 1.54) is 11.8 Å². The molecule has 3 heterocycles. The lowest BCUT2D eigenvalue weighted by molar-refractivity contribution is -0.115. The van der Waals surface area contributed by atoms with E-state index >= 15 is 0 Å². The quantitative estimate of drug-likeness (QED) is 0.331. The second-order valence-electron chi connectivity index (χ2n) is 8.27. The molecule has 0 aliphatic carbocycles. The van der Waals surface area contributed by atoms with Gasteiger partial charge in [0.15, 0.2) is 5.16 Å². The Morgan fingerprint density at radius 1 is 1.06 bits per heavy atom. The third kappa shape index (κ3) is 5.35. The smallest absolute Gasteiger partial charge is 0.242 e. The molecule has 1 aliphatic rings. The fourth-order valence-corrected chi connectivity index (χ4v) is 5.14. The first-order valence-electron chi connectivity index (χ1n) is 11.6. The van der Waals surface area contributed by atoms with E-state index in [9.17, 15) is 4.79 Å². The van der Waals surface area contributed by atoms with Crippen LogP contribution in [-0.4, -0.2) is 40.9 Å². The second-order valence-corrected chi connectivity index (χ2v) is 9.34. The van der Waals surface area contributed by atoms with Gasteiger partial charge in [0.1, 0.15) is 16.8 Å². The van der Waals surface area contributed by atoms with Gasteiger partial charge in [-0.1, -0.05) is 42.1 Å². The van der Waals surface area contributed by atoms with Gasteiger partial charge in [0, 0.05) is 18.8 Å². The van der Waals surface area contributed by atoms with Gasteiger partial charge in [-0.25, -0.2) is 0 Å². The van der Waals surface area contributed by atoms with E-state index in [0.717, 1.165) is 49.0 Å². The Kier molecular flexibility index (Phi) is 7.04. The fraction of sp³-hybridized carbons (Fsp3) is 0.269. The van der Waals surface area contributed by atoms with E-state index < -0.39 is 5.25 Å². The summed E-state index contributed by atoms with van der Waals surface area (Å²) in [5, 5.41) is 12.2. The molecule has 2 aromatic carbocycles. The highest BCUT2D eigenvalue weighted by molar-refractivity contribution is 8.00. The molecule has 5 rings (SSSR count). The van der Waals surface area contributed by atoms with Gasteiger partial charge < -0.3 is 19.4 Å². The zero-order valence-electron chi connectivity index (χ0n) is 19.5. The summed E-state index contributed by atoms with van der Waals surface area (Å²) in [5.41, 5.74) is 1.59. The molecule has 1 N–H and O–H groups in total. The fourth-order valence-electron chi connectivity index (χ4n) is 4.10. The number of carbonyl (C=O) groups is 1. The van der Waals surface area contributed by atoms with E-state index in [1.54, 1.807) is 13.4 Å². The van der Waals surface area contributed by atoms with E-state index in [4.69, 9.17) is 9.15 Å². The topological polar surface area (TPSA) is 85.4 Å². The molecule has 35 heavy (non-hydrogen) atoms. The van der Waals surface area contributed by atoms with Crippen molar-refractivity contribution in [2.45, 2.75) is 29.8 Å². The Bertz CT molecular complexity index is 1240. The number of hydrogen-bond acceptors (Lipinski definition) is 7. The molecule has 180 valence electrons. The van der Waals surface area contributed by atoms with Crippen LogP contribution in [0.4, 0.5) is 11.6 Å². The number of aromatic nitrogens is 3. The highest BCUT2D eigenvalue weighted by Crippen LogP contribution is 2.37. The molecule has 4 aromatic rings. The number of nitrogens with one attached hydrogen (secondary N) is 1. The Morgan fingerprint density at radius 2 is 1.83 bits per heavy atom. The zero-order valence-corrected chi connectivity index (χ0v) is 20.3. The van der Waals surface area contributed by atoms with Crippen LogP contribution in [0.15, 0.2) is 82.6 Å². The number of nitrogens with zero attached hydrogens (tertiary/aromatic N) is 4. The lowest BCUT2D eigenvalue weighted by Crippen LogP contribution is -2.23. The van der Waals surface area contributed by atoms with Gasteiger partial charge in [-0.05, 0) is 54.8 Å². The van der Waals surface area contributed by atoms with E-state index in [1.807, 2.05) is 71.3 Å². The van der Waals surface area contributed by atoms with Crippen molar-refractivity contribution in [2.24, 2.45) is 0 Å². The van der Waals surface area contributed by atoms with Gasteiger partial charge >= 0.3 is 0 Å². The third-order valence-electron chi connectivity index (χ3n) is 5.90. The Hall–Kier alpha value is -3.72. The van der Waals surface area contributed by atoms with Crippen LogP contribution in [-0.2, 0) is 11.3 Å². The van der Waals surface area contributed by atoms with Gasteiger partial charge in [0.05, 0.1) is 19.9 Å². The lowest BCUT2D eigenvalue weighted by Gasteiger charge is -2.20. The van der Waals surface area contributed by atoms with Crippen LogP contribution in [0.3, 0.4) is 0 Å². The van der Waals surface area contributed by atoms with Crippen LogP contribution in [0.1, 0.15) is 29.4 Å². The van der Waals surface area contributed by atoms with Crippen LogP contribution in [0.25, 0.3) is 0 Å². The minimum Gasteiger partial charge on any atom is -0.497 e. The summed E-state index contributed by atoms with van der Waals surface area (Å²) in [6, 6.07) is 20.8. The molecular formula is C26H27N5O3S. The summed E-state index contributed by atoms with van der Waals surface area (Å²) in [6.45, 7) is 2.39. The average molecular weight is 490 g/mol. The normalized spacial score (nSPS) is 14.1. The molecule has 1 amide bonds. The van der Waals surface area contributed by atoms with Crippen molar-refractivity contribution < 1.29 is 13.9 Å². The number of benzene rings is 2. The number of methoxy groups -OCH3 is 1. The first-order chi connectivity index (χ1) is 17.2. The first-order valence-corrected chi connectivity index (χ1v) is 12.5. The van der Waals surface area contributed by atoms with Crippen LogP contribution < -0.4 is 15.0 Å². The van der Waals surface area contributed by atoms with Gasteiger partial charge in [0.2, 0.25) is 11.9 Å². The molecule has 8 nitrogen and oxygen atoms in total. The molecule has 0 saturated carbocycles. The van der Waals surface area contributed by atoms with Crippen LogP contribution in [0, 0.1) is 0 Å². The van der Waals surface area contributed by atoms with Crippen molar-refractivity contribution in [3.05, 3.63) is 84.3 Å². The first kappa shape index (κ1) is 23.0. The minimum absolute atomic E-state index is 0.137. The van der Waals surface area contributed by atoms with Crippen LogP contribution in [0.5, 0.6) is 5.75 Å². The number of furan rings is 1. The summed E-state index contributed by atoms with van der Waals surface area (Å²) in [6.07, 6.45) is 3.93. The Morgan fingerprint density at radius 3 is 2.51 bits per heavy atom. The van der Waals surface area contributed by atoms with Crippen molar-refractivity contribution in [1.82, 2.24) is 14.8 Å². The number of thioether (sulfide) groups is 1. The van der Waals surface area contributed by atoms with E-state index in [0.29, 0.717) is 17.4 Å². The SMILES string of the molecule is COc1ccc(NC(=O)C(Sc2nnc(N3CCCC3)n2Cc2ccco2)c2ccccc2)cc1. The maximum absolute atomic E-state index is 13.5. The van der Waals surface area contributed by atoms with Crippen molar-refractivity contribution in [1.29, 1.82) is 0 Å².